The van der Waals surface area contributed by atoms with Crippen LogP contribution in [0.25, 0.3) is 0 Å². The summed E-state index contributed by atoms with van der Waals surface area (Å²) in [5.74, 6) is 0.854. The highest BCUT2D eigenvalue weighted by Gasteiger charge is 2.15. The fourth-order valence-corrected chi connectivity index (χ4v) is 3.08. The van der Waals surface area contributed by atoms with E-state index in [4.69, 9.17) is 4.74 Å². The Labute approximate surface area is 133 Å². The van der Waals surface area contributed by atoms with Crippen LogP contribution in [0, 0.1) is 0 Å². The first-order chi connectivity index (χ1) is 10.7. The predicted octanol–water partition coefficient (Wildman–Crippen LogP) is 3.65. The van der Waals surface area contributed by atoms with Gasteiger partial charge in [-0.05, 0) is 43.9 Å². The molecule has 4 heteroatoms. The molecule has 1 aromatic carbocycles. The van der Waals surface area contributed by atoms with Crippen molar-refractivity contribution in [3.8, 4) is 5.75 Å². The third kappa shape index (κ3) is 5.58. The van der Waals surface area contributed by atoms with Gasteiger partial charge in [-0.15, -0.1) is 0 Å². The molecular weight excluding hydrogens is 276 g/mol. The highest BCUT2D eigenvalue weighted by Crippen LogP contribution is 2.17. The monoisotopic (exact) mass is 304 g/mol. The standard InChI is InChI=1S/C18H28N2O2/c1-14(12-15-8-7-11-17(13-15)22-2)19-18(21)20-16-9-5-3-4-6-10-16/h7-8,11,13-14,16H,3-6,9-10,12H2,1-2H3,(H2,19,20,21). The normalized spacial score (nSPS) is 17.4. The van der Waals surface area contributed by atoms with Crippen molar-refractivity contribution >= 4 is 6.03 Å². The second kappa shape index (κ2) is 8.66. The molecule has 2 amide bonds. The lowest BCUT2D eigenvalue weighted by Crippen LogP contribution is -2.45. The Morgan fingerprint density at radius 2 is 2.00 bits per heavy atom. The van der Waals surface area contributed by atoms with Crippen LogP contribution in [0.1, 0.15) is 51.0 Å². The molecule has 1 unspecified atom stereocenters. The molecule has 0 heterocycles. The Kier molecular flexibility index (Phi) is 6.56. The third-order valence-electron chi connectivity index (χ3n) is 4.24. The average Bonchev–Trinajstić information content (AvgIpc) is 2.75. The van der Waals surface area contributed by atoms with Gasteiger partial charge in [0.25, 0.3) is 0 Å². The van der Waals surface area contributed by atoms with E-state index in [1.54, 1.807) is 7.11 Å². The van der Waals surface area contributed by atoms with E-state index in [2.05, 4.69) is 16.7 Å². The molecule has 1 fully saturated rings. The number of methoxy groups -OCH3 is 1. The summed E-state index contributed by atoms with van der Waals surface area (Å²) >= 11 is 0. The number of benzene rings is 1. The summed E-state index contributed by atoms with van der Waals surface area (Å²) < 4.78 is 5.23. The molecule has 2 rings (SSSR count). The molecule has 0 bridgehead atoms. The number of hydrogen-bond donors (Lipinski definition) is 2. The van der Waals surface area contributed by atoms with E-state index in [0.29, 0.717) is 6.04 Å². The van der Waals surface area contributed by atoms with E-state index >= 15 is 0 Å². The molecule has 0 saturated heterocycles. The largest absolute Gasteiger partial charge is 0.497 e. The van der Waals surface area contributed by atoms with E-state index in [1.807, 2.05) is 25.1 Å². The van der Waals surface area contributed by atoms with Crippen LogP contribution < -0.4 is 15.4 Å². The van der Waals surface area contributed by atoms with Gasteiger partial charge in [-0.3, -0.25) is 0 Å². The van der Waals surface area contributed by atoms with E-state index in [9.17, 15) is 4.79 Å². The van der Waals surface area contributed by atoms with Crippen molar-refractivity contribution in [3.05, 3.63) is 29.8 Å². The van der Waals surface area contributed by atoms with Crippen LogP contribution in [0.3, 0.4) is 0 Å². The second-order valence-electron chi connectivity index (χ2n) is 6.26. The van der Waals surface area contributed by atoms with Crippen molar-refractivity contribution in [2.75, 3.05) is 7.11 Å². The number of nitrogens with one attached hydrogen (secondary N) is 2. The van der Waals surface area contributed by atoms with Gasteiger partial charge >= 0.3 is 6.03 Å². The summed E-state index contributed by atoms with van der Waals surface area (Å²) in [6, 6.07) is 8.38. The molecule has 1 aliphatic rings. The van der Waals surface area contributed by atoms with Crippen LogP contribution in [0.4, 0.5) is 4.79 Å². The summed E-state index contributed by atoms with van der Waals surface area (Å²) in [7, 11) is 1.67. The lowest BCUT2D eigenvalue weighted by atomic mass is 10.1. The van der Waals surface area contributed by atoms with Gasteiger partial charge in [0, 0.05) is 12.1 Å². The molecule has 22 heavy (non-hydrogen) atoms. The maximum atomic E-state index is 12.1. The van der Waals surface area contributed by atoms with Gasteiger partial charge in [0.2, 0.25) is 0 Å². The summed E-state index contributed by atoms with van der Waals surface area (Å²) in [6.07, 6.45) is 8.07. The first-order valence-corrected chi connectivity index (χ1v) is 8.37. The summed E-state index contributed by atoms with van der Waals surface area (Å²) in [4.78, 5) is 12.1. The number of carbonyl (C=O) groups is 1. The van der Waals surface area contributed by atoms with Crippen molar-refractivity contribution in [2.24, 2.45) is 0 Å². The fraction of sp³-hybridized carbons (Fsp3) is 0.611. The lowest BCUT2D eigenvalue weighted by molar-refractivity contribution is 0.232. The molecule has 1 aromatic rings. The molecule has 2 N–H and O–H groups in total. The maximum Gasteiger partial charge on any atom is 0.315 e. The zero-order chi connectivity index (χ0) is 15.8. The number of rotatable bonds is 5. The zero-order valence-corrected chi connectivity index (χ0v) is 13.7. The quantitative estimate of drug-likeness (QED) is 0.816. The Morgan fingerprint density at radius 1 is 1.27 bits per heavy atom. The summed E-state index contributed by atoms with van der Waals surface area (Å²) in [5.41, 5.74) is 1.17. The Hall–Kier alpha value is -1.71. The van der Waals surface area contributed by atoms with Crippen molar-refractivity contribution in [3.63, 3.8) is 0 Å². The smallest absolute Gasteiger partial charge is 0.315 e. The van der Waals surface area contributed by atoms with Crippen molar-refractivity contribution in [2.45, 2.75) is 64.0 Å². The third-order valence-corrected chi connectivity index (χ3v) is 4.24. The number of amides is 2. The predicted molar refractivity (Wildman–Crippen MR) is 89.3 cm³/mol. The minimum atomic E-state index is -0.0395. The van der Waals surface area contributed by atoms with Gasteiger partial charge in [-0.2, -0.15) is 0 Å². The molecule has 0 aliphatic heterocycles. The van der Waals surface area contributed by atoms with Crippen molar-refractivity contribution in [1.29, 1.82) is 0 Å². The highest BCUT2D eigenvalue weighted by atomic mass is 16.5. The number of ether oxygens (including phenoxy) is 1. The topological polar surface area (TPSA) is 50.4 Å². The van der Waals surface area contributed by atoms with Gasteiger partial charge in [0.15, 0.2) is 0 Å². The van der Waals surface area contributed by atoms with Gasteiger partial charge < -0.3 is 15.4 Å². The molecule has 0 radical (unpaired) electrons. The highest BCUT2D eigenvalue weighted by molar-refractivity contribution is 5.74. The van der Waals surface area contributed by atoms with E-state index in [-0.39, 0.29) is 12.1 Å². The SMILES string of the molecule is COc1cccc(CC(C)NC(=O)NC2CCCCCC2)c1. The van der Waals surface area contributed by atoms with E-state index in [1.165, 1.54) is 31.2 Å². The van der Waals surface area contributed by atoms with Gasteiger partial charge in [-0.25, -0.2) is 4.79 Å². The molecule has 4 nitrogen and oxygen atoms in total. The van der Waals surface area contributed by atoms with Crippen LogP contribution in [-0.2, 0) is 6.42 Å². The maximum absolute atomic E-state index is 12.1. The Bertz CT molecular complexity index is 468. The van der Waals surface area contributed by atoms with Crippen LogP contribution in [0.5, 0.6) is 5.75 Å². The second-order valence-corrected chi connectivity index (χ2v) is 6.26. The molecule has 1 atom stereocenters. The van der Waals surface area contributed by atoms with Crippen LogP contribution in [0.2, 0.25) is 0 Å². The van der Waals surface area contributed by atoms with Gasteiger partial charge in [-0.1, -0.05) is 37.8 Å². The molecule has 122 valence electrons. The van der Waals surface area contributed by atoms with Crippen LogP contribution >= 0.6 is 0 Å². The molecule has 1 aliphatic carbocycles. The van der Waals surface area contributed by atoms with E-state index in [0.717, 1.165) is 25.0 Å². The first kappa shape index (κ1) is 16.7. The van der Waals surface area contributed by atoms with Crippen LogP contribution in [0.15, 0.2) is 24.3 Å². The minimum Gasteiger partial charge on any atom is -0.497 e. The van der Waals surface area contributed by atoms with E-state index < -0.39 is 0 Å². The van der Waals surface area contributed by atoms with Gasteiger partial charge in [0.05, 0.1) is 7.11 Å². The molecule has 0 aromatic heterocycles. The number of carbonyl (C=O) groups excluding carboxylic acids is 1. The minimum absolute atomic E-state index is 0.0395. The summed E-state index contributed by atoms with van der Waals surface area (Å²) in [5, 5.41) is 6.17. The lowest BCUT2D eigenvalue weighted by Gasteiger charge is -2.20. The molecule has 0 spiro atoms. The van der Waals surface area contributed by atoms with Crippen molar-refractivity contribution < 1.29 is 9.53 Å². The average molecular weight is 304 g/mol. The summed E-state index contributed by atoms with van der Waals surface area (Å²) in [6.45, 7) is 2.03. The van der Waals surface area contributed by atoms with Crippen molar-refractivity contribution in [1.82, 2.24) is 10.6 Å². The first-order valence-electron chi connectivity index (χ1n) is 8.37. The zero-order valence-electron chi connectivity index (χ0n) is 13.7. The number of urea groups is 1. The molecule has 1 saturated carbocycles. The number of hydrogen-bond acceptors (Lipinski definition) is 2. The molecular formula is C18H28N2O2. The van der Waals surface area contributed by atoms with Gasteiger partial charge in [0.1, 0.15) is 5.75 Å². The van der Waals surface area contributed by atoms with Crippen LogP contribution in [-0.4, -0.2) is 25.2 Å². The Balaban J connectivity index is 1.77. The Morgan fingerprint density at radius 3 is 2.68 bits per heavy atom. The fourth-order valence-electron chi connectivity index (χ4n) is 3.08.